The van der Waals surface area contributed by atoms with Gasteiger partial charge in [0.2, 0.25) is 0 Å². The number of phenolic OH excluding ortho intramolecular Hbond substituents is 1. The van der Waals surface area contributed by atoms with Crippen LogP contribution in [0.15, 0.2) is 79.3 Å². The van der Waals surface area contributed by atoms with E-state index in [0.717, 1.165) is 28.9 Å². The molecule has 0 unspecified atom stereocenters. The predicted molar refractivity (Wildman–Crippen MR) is 162 cm³/mol. The highest BCUT2D eigenvalue weighted by Gasteiger charge is 2.27. The fraction of sp³-hybridized carbons (Fsp3) is 0.125. The number of nitrogens with two attached hydrogens (primary N) is 1. The standard InChI is InChI=1S/C32H24F2N8O4/c33-32(34)46-25-15-18(13-19(16-43)27(25)44)31(45)39-23-7-4-17-14-20(5-6-21(17)23)42-29(22-3-1-10-36-28(22)35)38-24-8-9-26(40-30(24)42)41-12-2-11-37-41/h1-3,5-6,8-16,23,32,44H,4,7H2,(H2,35,36)(H,39,45)/t23-/m0/s1. The molecule has 0 saturated carbocycles. The number of amides is 1. The summed E-state index contributed by atoms with van der Waals surface area (Å²) in [5.41, 5.74) is 10.3. The highest BCUT2D eigenvalue weighted by Crippen LogP contribution is 2.37. The zero-order valence-corrected chi connectivity index (χ0v) is 23.8. The number of ether oxygens (including phenoxy) is 1. The number of nitrogens with one attached hydrogen (secondary N) is 1. The molecule has 4 aromatic heterocycles. The Morgan fingerprint density at radius 1 is 1.11 bits per heavy atom. The lowest BCUT2D eigenvalue weighted by Gasteiger charge is -2.17. The second kappa shape index (κ2) is 11.4. The van der Waals surface area contributed by atoms with Crippen LogP contribution in [0.3, 0.4) is 0 Å². The van der Waals surface area contributed by atoms with E-state index in [1.54, 1.807) is 35.4 Å². The van der Waals surface area contributed by atoms with Gasteiger partial charge in [0.15, 0.2) is 35.1 Å². The number of imidazole rings is 1. The Hall–Kier alpha value is -6.18. The van der Waals surface area contributed by atoms with Crippen LogP contribution in [0.4, 0.5) is 14.6 Å². The molecule has 1 aliphatic carbocycles. The third kappa shape index (κ3) is 5.04. The Bertz CT molecular complexity index is 2130. The molecule has 14 heteroatoms. The van der Waals surface area contributed by atoms with E-state index in [0.29, 0.717) is 47.0 Å². The van der Waals surface area contributed by atoms with Crippen LogP contribution in [0.5, 0.6) is 11.5 Å². The van der Waals surface area contributed by atoms with Crippen LogP contribution in [0.2, 0.25) is 0 Å². The Morgan fingerprint density at radius 3 is 2.74 bits per heavy atom. The zero-order valence-electron chi connectivity index (χ0n) is 23.8. The number of alkyl halides is 2. The Balaban J connectivity index is 1.25. The lowest BCUT2D eigenvalue weighted by molar-refractivity contribution is -0.0513. The number of aromatic hydroxyl groups is 1. The fourth-order valence-corrected chi connectivity index (χ4v) is 5.68. The number of nitrogen functional groups attached to an aromatic ring is 1. The molecular formula is C32H24F2N8O4. The number of rotatable bonds is 8. The molecule has 7 rings (SSSR count). The summed E-state index contributed by atoms with van der Waals surface area (Å²) < 4.78 is 33.6. The van der Waals surface area contributed by atoms with E-state index >= 15 is 0 Å². The van der Waals surface area contributed by atoms with E-state index < -0.39 is 30.1 Å². The van der Waals surface area contributed by atoms with Gasteiger partial charge in [-0.1, -0.05) is 6.07 Å². The number of aryl methyl sites for hydroxylation is 1. The second-order valence-corrected chi connectivity index (χ2v) is 10.5. The van der Waals surface area contributed by atoms with Crippen molar-refractivity contribution in [3.8, 4) is 34.4 Å². The summed E-state index contributed by atoms with van der Waals surface area (Å²) in [4.78, 5) is 38.6. The molecule has 0 spiro atoms. The second-order valence-electron chi connectivity index (χ2n) is 10.5. The van der Waals surface area contributed by atoms with Crippen LogP contribution in [0.1, 0.15) is 44.3 Å². The average molecular weight is 623 g/mol. The first kappa shape index (κ1) is 28.6. The molecule has 0 radical (unpaired) electrons. The summed E-state index contributed by atoms with van der Waals surface area (Å²) in [6, 6.07) is 16.6. The first-order chi connectivity index (χ1) is 22.3. The monoisotopic (exact) mass is 622 g/mol. The smallest absolute Gasteiger partial charge is 0.387 e. The summed E-state index contributed by atoms with van der Waals surface area (Å²) in [7, 11) is 0. The number of halogens is 2. The molecular weight excluding hydrogens is 598 g/mol. The number of fused-ring (bicyclic) bond motifs is 2. The van der Waals surface area contributed by atoms with Crippen molar-refractivity contribution in [1.29, 1.82) is 0 Å². The number of nitrogens with zero attached hydrogens (tertiary/aromatic N) is 6. The van der Waals surface area contributed by atoms with Gasteiger partial charge in [0.1, 0.15) is 11.3 Å². The van der Waals surface area contributed by atoms with Crippen LogP contribution < -0.4 is 15.8 Å². The van der Waals surface area contributed by atoms with Crippen molar-refractivity contribution in [3.63, 3.8) is 0 Å². The molecule has 0 bridgehead atoms. The number of phenols is 1. The van der Waals surface area contributed by atoms with Gasteiger partial charge in [0, 0.05) is 29.8 Å². The van der Waals surface area contributed by atoms with Crippen LogP contribution in [0, 0.1) is 0 Å². The summed E-state index contributed by atoms with van der Waals surface area (Å²) >= 11 is 0. The number of pyridine rings is 2. The van der Waals surface area contributed by atoms with Crippen LogP contribution in [0.25, 0.3) is 34.1 Å². The summed E-state index contributed by atoms with van der Waals surface area (Å²) in [5, 5.41) is 17.3. The Morgan fingerprint density at radius 2 is 1.98 bits per heavy atom. The number of anilines is 1. The molecule has 0 aliphatic heterocycles. The number of benzene rings is 2. The molecule has 12 nitrogen and oxygen atoms in total. The lowest BCUT2D eigenvalue weighted by atomic mass is 10.1. The topological polar surface area (TPSA) is 163 Å². The summed E-state index contributed by atoms with van der Waals surface area (Å²) in [6.45, 7) is -3.25. The van der Waals surface area contributed by atoms with Crippen LogP contribution in [-0.4, -0.2) is 53.2 Å². The zero-order chi connectivity index (χ0) is 31.9. The van der Waals surface area contributed by atoms with Crippen LogP contribution in [-0.2, 0) is 6.42 Å². The minimum absolute atomic E-state index is 0.108. The SMILES string of the molecule is Nc1ncccc1-c1nc2ccc(-n3cccn3)nc2n1-c1ccc2c(c1)CC[C@@H]2NC(=O)c1cc(C=O)c(O)c(OC(F)F)c1. The fourth-order valence-electron chi connectivity index (χ4n) is 5.68. The van der Waals surface area contributed by atoms with E-state index in [9.17, 15) is 23.5 Å². The largest absolute Gasteiger partial charge is 0.504 e. The van der Waals surface area contributed by atoms with Gasteiger partial charge in [-0.2, -0.15) is 13.9 Å². The van der Waals surface area contributed by atoms with E-state index in [1.165, 1.54) is 0 Å². The van der Waals surface area contributed by atoms with E-state index in [-0.39, 0.29) is 17.4 Å². The molecule has 0 saturated heterocycles. The quantitative estimate of drug-likeness (QED) is 0.203. The lowest BCUT2D eigenvalue weighted by Crippen LogP contribution is -2.27. The minimum Gasteiger partial charge on any atom is -0.504 e. The maximum Gasteiger partial charge on any atom is 0.387 e. The Labute approximate surface area is 259 Å². The number of aldehydes is 1. The van der Waals surface area contributed by atoms with Crippen molar-refractivity contribution < 1.29 is 28.2 Å². The molecule has 230 valence electrons. The normalized spacial score (nSPS) is 14.0. The van der Waals surface area contributed by atoms with Crippen molar-refractivity contribution in [3.05, 3.63) is 102 Å². The summed E-state index contributed by atoms with van der Waals surface area (Å²) in [6.07, 6.45) is 6.53. The van der Waals surface area contributed by atoms with Gasteiger partial charge in [-0.3, -0.25) is 14.2 Å². The molecule has 46 heavy (non-hydrogen) atoms. The molecule has 2 aromatic carbocycles. The van der Waals surface area contributed by atoms with Gasteiger partial charge in [0.25, 0.3) is 5.91 Å². The van der Waals surface area contributed by atoms with Crippen molar-refractivity contribution in [2.45, 2.75) is 25.5 Å². The number of carbonyl (C=O) groups is 2. The predicted octanol–water partition coefficient (Wildman–Crippen LogP) is 4.79. The first-order valence-corrected chi connectivity index (χ1v) is 14.1. The molecule has 4 heterocycles. The first-order valence-electron chi connectivity index (χ1n) is 14.1. The molecule has 6 aromatic rings. The highest BCUT2D eigenvalue weighted by molar-refractivity contribution is 5.97. The van der Waals surface area contributed by atoms with Gasteiger partial charge in [-0.25, -0.2) is 19.6 Å². The summed E-state index contributed by atoms with van der Waals surface area (Å²) in [5.74, 6) is -0.589. The van der Waals surface area contributed by atoms with Gasteiger partial charge in [-0.05, 0) is 78.6 Å². The van der Waals surface area contributed by atoms with Gasteiger partial charge < -0.3 is 20.9 Å². The van der Waals surface area contributed by atoms with Gasteiger partial charge >= 0.3 is 6.61 Å². The third-order valence-corrected chi connectivity index (χ3v) is 7.79. The van der Waals surface area contributed by atoms with Crippen molar-refractivity contribution in [2.24, 2.45) is 0 Å². The third-order valence-electron chi connectivity index (χ3n) is 7.79. The Kier molecular flexibility index (Phi) is 7.08. The van der Waals surface area contributed by atoms with Crippen molar-refractivity contribution in [1.82, 2.24) is 34.6 Å². The van der Waals surface area contributed by atoms with Crippen molar-refractivity contribution >= 4 is 29.2 Å². The molecule has 4 N–H and O–H groups in total. The molecule has 1 aliphatic rings. The number of aromatic nitrogens is 6. The van der Waals surface area contributed by atoms with E-state index in [1.807, 2.05) is 41.0 Å². The number of hydrogen-bond acceptors (Lipinski definition) is 9. The van der Waals surface area contributed by atoms with Crippen LogP contribution >= 0.6 is 0 Å². The molecule has 0 fully saturated rings. The molecule has 1 amide bonds. The maximum absolute atomic E-state index is 13.2. The maximum atomic E-state index is 13.2. The van der Waals surface area contributed by atoms with Crippen molar-refractivity contribution in [2.75, 3.05) is 5.73 Å². The number of carbonyl (C=O) groups excluding carboxylic acids is 2. The van der Waals surface area contributed by atoms with E-state index in [4.69, 9.17) is 15.7 Å². The highest BCUT2D eigenvalue weighted by atomic mass is 19.3. The van der Waals surface area contributed by atoms with E-state index in [2.05, 4.69) is 20.1 Å². The van der Waals surface area contributed by atoms with Gasteiger partial charge in [-0.15, -0.1) is 0 Å². The average Bonchev–Trinajstić information content (AvgIpc) is 3.81. The molecule has 1 atom stereocenters. The van der Waals surface area contributed by atoms with Gasteiger partial charge in [0.05, 0.1) is 17.2 Å². The minimum atomic E-state index is -3.25. The number of hydrogen-bond donors (Lipinski definition) is 3.